The number of ether oxygens (including phenoxy) is 1. The Balaban J connectivity index is 0.00000529. The highest BCUT2D eigenvalue weighted by molar-refractivity contribution is 14.0. The molecule has 6 nitrogen and oxygen atoms in total. The molecule has 2 N–H and O–H groups in total. The van der Waals surface area contributed by atoms with Crippen LogP contribution in [0.3, 0.4) is 0 Å². The van der Waals surface area contributed by atoms with E-state index >= 15 is 0 Å². The highest BCUT2D eigenvalue weighted by atomic mass is 127. The van der Waals surface area contributed by atoms with Crippen molar-refractivity contribution in [3.8, 4) is 5.75 Å². The molecule has 0 saturated heterocycles. The number of nitrogens with zero attached hydrogens (tertiary/aromatic N) is 1. The van der Waals surface area contributed by atoms with E-state index in [-0.39, 0.29) is 35.8 Å². The first-order valence-corrected chi connectivity index (χ1v) is 9.66. The van der Waals surface area contributed by atoms with Gasteiger partial charge in [-0.25, -0.2) is 8.42 Å². The standard InChI is InChI=1S/C15H24ClN3O3S.HI/c1-11(7-8-23(4,20)21)19-15(17-2)18-10-12-5-6-13(16)9-14(12)22-3;/h5-6,9,11H,7-8,10H2,1-4H3,(H2,17,18,19);1H. The SMILES string of the molecule is CN=C(NCc1ccc(Cl)cc1OC)NC(C)CCS(C)(=O)=O.I. The predicted molar refractivity (Wildman–Crippen MR) is 111 cm³/mol. The van der Waals surface area contributed by atoms with Gasteiger partial charge >= 0.3 is 0 Å². The normalized spacial score (nSPS) is 13.0. The van der Waals surface area contributed by atoms with Crippen LogP contribution in [-0.4, -0.2) is 46.6 Å². The van der Waals surface area contributed by atoms with Gasteiger partial charge in [-0.15, -0.1) is 24.0 Å². The van der Waals surface area contributed by atoms with Gasteiger partial charge in [0, 0.05) is 36.5 Å². The largest absolute Gasteiger partial charge is 0.496 e. The van der Waals surface area contributed by atoms with Crippen molar-refractivity contribution < 1.29 is 13.2 Å². The van der Waals surface area contributed by atoms with Crippen molar-refractivity contribution in [3.05, 3.63) is 28.8 Å². The summed E-state index contributed by atoms with van der Waals surface area (Å²) in [7, 11) is 0.298. The zero-order valence-electron chi connectivity index (χ0n) is 14.3. The second kappa shape index (κ2) is 11.0. The summed E-state index contributed by atoms with van der Waals surface area (Å²) in [5, 5.41) is 6.95. The molecule has 0 amide bonds. The van der Waals surface area contributed by atoms with Crippen molar-refractivity contribution in [2.24, 2.45) is 4.99 Å². The van der Waals surface area contributed by atoms with E-state index in [0.717, 1.165) is 5.56 Å². The molecule has 0 fully saturated rings. The highest BCUT2D eigenvalue weighted by Gasteiger charge is 2.10. The van der Waals surface area contributed by atoms with Gasteiger partial charge in [0.05, 0.1) is 12.9 Å². The number of rotatable bonds is 7. The van der Waals surface area contributed by atoms with E-state index in [4.69, 9.17) is 16.3 Å². The van der Waals surface area contributed by atoms with E-state index in [9.17, 15) is 8.42 Å². The molecule has 0 heterocycles. The van der Waals surface area contributed by atoms with Gasteiger partial charge in [-0.2, -0.15) is 0 Å². The third kappa shape index (κ3) is 8.93. The number of benzene rings is 1. The van der Waals surface area contributed by atoms with Gasteiger partial charge in [0.1, 0.15) is 15.6 Å². The van der Waals surface area contributed by atoms with Gasteiger partial charge < -0.3 is 15.4 Å². The van der Waals surface area contributed by atoms with Gasteiger partial charge in [0.15, 0.2) is 5.96 Å². The molecule has 0 aromatic heterocycles. The van der Waals surface area contributed by atoms with E-state index in [1.807, 2.05) is 13.0 Å². The summed E-state index contributed by atoms with van der Waals surface area (Å²) >= 11 is 5.94. The molecule has 0 saturated carbocycles. The Labute approximate surface area is 166 Å². The second-order valence-electron chi connectivity index (χ2n) is 5.35. The second-order valence-corrected chi connectivity index (χ2v) is 8.04. The molecule has 0 aliphatic rings. The molecule has 0 aliphatic heterocycles. The van der Waals surface area contributed by atoms with Gasteiger partial charge in [0.2, 0.25) is 0 Å². The molecule has 0 aliphatic carbocycles. The first kappa shape index (κ1) is 23.3. The molecule has 0 spiro atoms. The number of hydrogen-bond acceptors (Lipinski definition) is 4. The number of halogens is 2. The van der Waals surface area contributed by atoms with Crippen LogP contribution in [0.15, 0.2) is 23.2 Å². The number of hydrogen-bond donors (Lipinski definition) is 2. The van der Waals surface area contributed by atoms with Crippen molar-refractivity contribution in [2.45, 2.75) is 25.9 Å². The van der Waals surface area contributed by atoms with Crippen molar-refractivity contribution in [1.29, 1.82) is 0 Å². The summed E-state index contributed by atoms with van der Waals surface area (Å²) in [5.41, 5.74) is 0.948. The molecule has 1 aromatic rings. The Kier molecular flexibility index (Phi) is 10.6. The molecular weight excluding hydrogens is 465 g/mol. The Morgan fingerprint density at radius 2 is 2.08 bits per heavy atom. The van der Waals surface area contributed by atoms with Crippen LogP contribution < -0.4 is 15.4 Å². The topological polar surface area (TPSA) is 79.8 Å². The van der Waals surface area contributed by atoms with Gasteiger partial charge in [-0.05, 0) is 25.5 Å². The lowest BCUT2D eigenvalue weighted by Gasteiger charge is -2.18. The summed E-state index contributed by atoms with van der Waals surface area (Å²) in [6, 6.07) is 5.42. The lowest BCUT2D eigenvalue weighted by atomic mass is 10.2. The van der Waals surface area contributed by atoms with Crippen LogP contribution in [0.4, 0.5) is 0 Å². The molecule has 0 radical (unpaired) electrons. The van der Waals surface area contributed by atoms with Crippen LogP contribution in [0.2, 0.25) is 5.02 Å². The fourth-order valence-corrected chi connectivity index (χ4v) is 2.88. The highest BCUT2D eigenvalue weighted by Crippen LogP contribution is 2.22. The fraction of sp³-hybridized carbons (Fsp3) is 0.533. The number of aliphatic imine (C=N–C) groups is 1. The molecule has 9 heteroatoms. The van der Waals surface area contributed by atoms with Crippen LogP contribution in [0.5, 0.6) is 5.75 Å². The smallest absolute Gasteiger partial charge is 0.191 e. The molecule has 0 bridgehead atoms. The third-order valence-electron chi connectivity index (χ3n) is 3.22. The number of methoxy groups -OCH3 is 1. The summed E-state index contributed by atoms with van der Waals surface area (Å²) < 4.78 is 27.7. The van der Waals surface area contributed by atoms with E-state index in [2.05, 4.69) is 15.6 Å². The molecule has 1 aromatic carbocycles. The van der Waals surface area contributed by atoms with Gasteiger partial charge in [-0.1, -0.05) is 17.7 Å². The molecule has 1 unspecified atom stereocenters. The Hall–Kier alpha value is -0.740. The van der Waals surface area contributed by atoms with Crippen molar-refractivity contribution >= 4 is 51.4 Å². The predicted octanol–water partition coefficient (Wildman–Crippen LogP) is 2.45. The lowest BCUT2D eigenvalue weighted by Crippen LogP contribution is -2.42. The number of sulfone groups is 1. The van der Waals surface area contributed by atoms with Crippen molar-refractivity contribution in [2.75, 3.05) is 26.2 Å². The van der Waals surface area contributed by atoms with E-state index in [1.165, 1.54) is 6.26 Å². The zero-order chi connectivity index (χ0) is 17.5. The van der Waals surface area contributed by atoms with Crippen LogP contribution in [0.25, 0.3) is 0 Å². The summed E-state index contributed by atoms with van der Waals surface area (Å²) in [4.78, 5) is 4.14. The molecule has 24 heavy (non-hydrogen) atoms. The quantitative estimate of drug-likeness (QED) is 0.349. The number of nitrogens with one attached hydrogen (secondary N) is 2. The average molecular weight is 490 g/mol. The Bertz CT molecular complexity index is 653. The van der Waals surface area contributed by atoms with E-state index in [1.54, 1.807) is 26.3 Å². The summed E-state index contributed by atoms with van der Waals surface area (Å²) in [6.07, 6.45) is 1.75. The fourth-order valence-electron chi connectivity index (χ4n) is 1.93. The van der Waals surface area contributed by atoms with E-state index in [0.29, 0.717) is 29.7 Å². The summed E-state index contributed by atoms with van der Waals surface area (Å²) in [6.45, 7) is 2.43. The first-order valence-electron chi connectivity index (χ1n) is 7.22. The first-order chi connectivity index (χ1) is 10.7. The molecule has 1 atom stereocenters. The van der Waals surface area contributed by atoms with Crippen LogP contribution in [0, 0.1) is 0 Å². The van der Waals surface area contributed by atoms with Crippen LogP contribution >= 0.6 is 35.6 Å². The number of guanidine groups is 1. The minimum atomic E-state index is -2.96. The van der Waals surface area contributed by atoms with Crippen molar-refractivity contribution in [1.82, 2.24) is 10.6 Å². The monoisotopic (exact) mass is 489 g/mol. The minimum absolute atomic E-state index is 0. The summed E-state index contributed by atoms with van der Waals surface area (Å²) in [5.74, 6) is 1.44. The van der Waals surface area contributed by atoms with Crippen LogP contribution in [0.1, 0.15) is 18.9 Å². The molecule has 138 valence electrons. The lowest BCUT2D eigenvalue weighted by molar-refractivity contribution is 0.409. The zero-order valence-corrected chi connectivity index (χ0v) is 18.2. The van der Waals surface area contributed by atoms with Gasteiger partial charge in [-0.3, -0.25) is 4.99 Å². The van der Waals surface area contributed by atoms with E-state index < -0.39 is 9.84 Å². The van der Waals surface area contributed by atoms with Crippen LogP contribution in [-0.2, 0) is 16.4 Å². The Morgan fingerprint density at radius 1 is 1.42 bits per heavy atom. The maximum absolute atomic E-state index is 11.2. The maximum atomic E-state index is 11.2. The molecule has 1 rings (SSSR count). The third-order valence-corrected chi connectivity index (χ3v) is 4.44. The van der Waals surface area contributed by atoms with Crippen molar-refractivity contribution in [3.63, 3.8) is 0 Å². The Morgan fingerprint density at radius 3 is 2.62 bits per heavy atom. The average Bonchev–Trinajstić information content (AvgIpc) is 2.49. The molecular formula is C15H25ClIN3O3S. The van der Waals surface area contributed by atoms with Gasteiger partial charge in [0.25, 0.3) is 0 Å². The maximum Gasteiger partial charge on any atom is 0.191 e. The minimum Gasteiger partial charge on any atom is -0.496 e.